The van der Waals surface area contributed by atoms with Gasteiger partial charge in [0, 0.05) is 37.0 Å². The molecule has 3 N–H and O–H groups in total. The third kappa shape index (κ3) is 3.26. The van der Waals surface area contributed by atoms with E-state index in [1.807, 2.05) is 0 Å². The summed E-state index contributed by atoms with van der Waals surface area (Å²) in [6, 6.07) is 3.03. The molecular weight excluding hydrogens is 422 g/mol. The normalized spacial score (nSPS) is 24.0. The maximum absolute atomic E-state index is 13.8. The largest absolute Gasteiger partial charge is 0.503 e. The highest BCUT2D eigenvalue weighted by Crippen LogP contribution is 2.37. The Kier molecular flexibility index (Phi) is 4.96. The molecule has 1 aromatic heterocycles. The highest BCUT2D eigenvalue weighted by Gasteiger charge is 2.46. The monoisotopic (exact) mass is 444 g/mol. The van der Waals surface area contributed by atoms with Crippen LogP contribution in [0.3, 0.4) is 0 Å². The Bertz CT molecular complexity index is 1180. The molecule has 10 heteroatoms. The molecule has 3 aliphatic rings. The van der Waals surface area contributed by atoms with Crippen molar-refractivity contribution >= 4 is 11.8 Å². The van der Waals surface area contributed by atoms with E-state index in [0.717, 1.165) is 31.9 Å². The van der Waals surface area contributed by atoms with Crippen LogP contribution in [0.25, 0.3) is 0 Å². The summed E-state index contributed by atoms with van der Waals surface area (Å²) in [7, 11) is 0. The predicted octanol–water partition coefficient (Wildman–Crippen LogP) is 1.32. The molecule has 168 valence electrons. The van der Waals surface area contributed by atoms with Gasteiger partial charge in [0.2, 0.25) is 5.43 Å². The summed E-state index contributed by atoms with van der Waals surface area (Å²) in [6.07, 6.45) is 3.91. The number of rotatable bonds is 3. The number of halogens is 2. The average molecular weight is 444 g/mol. The van der Waals surface area contributed by atoms with Crippen LogP contribution >= 0.6 is 0 Å². The van der Waals surface area contributed by atoms with E-state index >= 15 is 0 Å². The molecule has 8 nitrogen and oxygen atoms in total. The van der Waals surface area contributed by atoms with Gasteiger partial charge in [-0.15, -0.1) is 0 Å². The molecule has 3 heterocycles. The minimum absolute atomic E-state index is 0.0466. The second kappa shape index (κ2) is 7.70. The summed E-state index contributed by atoms with van der Waals surface area (Å²) in [5.74, 6) is -3.24. The molecular formula is C22H22F2N4O4. The maximum Gasteiger partial charge on any atom is 0.276 e. The quantitative estimate of drug-likeness (QED) is 0.663. The van der Waals surface area contributed by atoms with Gasteiger partial charge in [-0.1, -0.05) is 12.5 Å². The van der Waals surface area contributed by atoms with Crippen LogP contribution in [0.1, 0.15) is 45.7 Å². The number of pyridine rings is 1. The van der Waals surface area contributed by atoms with Crippen molar-refractivity contribution in [1.29, 1.82) is 0 Å². The first-order valence-corrected chi connectivity index (χ1v) is 10.6. The molecule has 0 unspecified atom stereocenters. The van der Waals surface area contributed by atoms with Crippen LogP contribution in [0.4, 0.5) is 8.78 Å². The van der Waals surface area contributed by atoms with E-state index in [4.69, 9.17) is 0 Å². The Balaban J connectivity index is 1.43. The van der Waals surface area contributed by atoms with Gasteiger partial charge < -0.3 is 19.9 Å². The van der Waals surface area contributed by atoms with Gasteiger partial charge in [0.15, 0.2) is 11.4 Å². The minimum Gasteiger partial charge on any atom is -0.503 e. The summed E-state index contributed by atoms with van der Waals surface area (Å²) >= 11 is 0. The summed E-state index contributed by atoms with van der Waals surface area (Å²) in [5.41, 5.74) is -1.40. The van der Waals surface area contributed by atoms with Crippen LogP contribution in [-0.2, 0) is 13.1 Å². The van der Waals surface area contributed by atoms with Crippen molar-refractivity contribution < 1.29 is 23.5 Å². The first-order valence-electron chi connectivity index (χ1n) is 10.6. The first kappa shape index (κ1) is 20.6. The lowest BCUT2D eigenvalue weighted by molar-refractivity contribution is 0.0160. The number of benzene rings is 1. The third-order valence-corrected chi connectivity index (χ3v) is 6.69. The Morgan fingerprint density at radius 3 is 2.84 bits per heavy atom. The third-order valence-electron chi connectivity index (χ3n) is 6.69. The van der Waals surface area contributed by atoms with Crippen LogP contribution in [0.5, 0.6) is 5.75 Å². The van der Waals surface area contributed by atoms with Crippen molar-refractivity contribution in [2.24, 2.45) is 5.92 Å². The fourth-order valence-electron chi connectivity index (χ4n) is 5.11. The molecule has 0 bridgehead atoms. The number of hydrogen-bond acceptors (Lipinski definition) is 5. The zero-order valence-corrected chi connectivity index (χ0v) is 17.1. The molecule has 3 atom stereocenters. The van der Waals surface area contributed by atoms with Gasteiger partial charge in [0.25, 0.3) is 11.8 Å². The van der Waals surface area contributed by atoms with Gasteiger partial charge in [-0.05, 0) is 24.8 Å². The standard InChI is InChI=1S/C22H22F2N4O4/c23-13-5-4-11(15(24)6-13)7-26-21(31)14-9-27-10-17-25-8-12-2-1-3-16(12)28(17)22(32)18(27)20(30)19(14)29/h4-6,9,12,16-17,25,30H,1-3,7-8,10H2,(H,26,31)/t12-,16-,17-/m0/s1. The number of aromatic nitrogens is 1. The van der Waals surface area contributed by atoms with Crippen LogP contribution in [0.15, 0.2) is 29.2 Å². The van der Waals surface area contributed by atoms with E-state index < -0.39 is 34.6 Å². The van der Waals surface area contributed by atoms with E-state index in [1.54, 1.807) is 4.90 Å². The second-order valence-electron chi connectivity index (χ2n) is 8.53. The number of fused-ring (bicyclic) bond motifs is 4. The maximum atomic E-state index is 13.8. The number of carbonyl (C=O) groups is 2. The Labute approximate surface area is 181 Å². The molecule has 0 spiro atoms. The lowest BCUT2D eigenvalue weighted by Crippen LogP contribution is -2.65. The number of nitrogens with zero attached hydrogens (tertiary/aromatic N) is 2. The van der Waals surface area contributed by atoms with Crippen molar-refractivity contribution in [2.75, 3.05) is 6.54 Å². The number of amides is 2. The van der Waals surface area contributed by atoms with Crippen molar-refractivity contribution in [1.82, 2.24) is 20.1 Å². The van der Waals surface area contributed by atoms with Crippen molar-refractivity contribution in [3.05, 3.63) is 63.1 Å². The fraction of sp³-hybridized carbons (Fsp3) is 0.409. The van der Waals surface area contributed by atoms with Crippen LogP contribution < -0.4 is 16.1 Å². The molecule has 1 aliphatic carbocycles. The predicted molar refractivity (Wildman–Crippen MR) is 109 cm³/mol. The molecule has 1 aromatic carbocycles. The molecule has 5 rings (SSSR count). The van der Waals surface area contributed by atoms with Gasteiger partial charge in [0.05, 0.1) is 6.54 Å². The summed E-state index contributed by atoms with van der Waals surface area (Å²) < 4.78 is 28.3. The van der Waals surface area contributed by atoms with Crippen LogP contribution in [0, 0.1) is 17.6 Å². The minimum atomic E-state index is -0.965. The lowest BCUT2D eigenvalue weighted by atomic mass is 9.96. The SMILES string of the molecule is O=C(NCc1ccc(F)cc1F)c1cn2c(c(O)c1=O)C(=O)N1[C@@H](C2)NC[C@@H]2CCC[C@@H]21. The van der Waals surface area contributed by atoms with E-state index in [2.05, 4.69) is 10.6 Å². The molecule has 2 amide bonds. The molecule has 2 aromatic rings. The molecule has 32 heavy (non-hydrogen) atoms. The Hall–Kier alpha value is -3.27. The van der Waals surface area contributed by atoms with E-state index in [9.17, 15) is 28.3 Å². The zero-order chi connectivity index (χ0) is 22.6. The molecule has 2 aliphatic heterocycles. The van der Waals surface area contributed by atoms with Crippen LogP contribution in [-0.4, -0.2) is 45.1 Å². The van der Waals surface area contributed by atoms with Gasteiger partial charge in [-0.3, -0.25) is 19.7 Å². The smallest absolute Gasteiger partial charge is 0.276 e. The van der Waals surface area contributed by atoms with Gasteiger partial charge in [-0.25, -0.2) is 8.78 Å². The molecule has 1 saturated heterocycles. The van der Waals surface area contributed by atoms with Crippen molar-refractivity contribution in [3.8, 4) is 5.75 Å². The Morgan fingerprint density at radius 1 is 1.25 bits per heavy atom. The fourth-order valence-corrected chi connectivity index (χ4v) is 5.11. The summed E-state index contributed by atoms with van der Waals surface area (Å²) in [4.78, 5) is 40.3. The number of hydrogen-bond donors (Lipinski definition) is 3. The molecule has 1 saturated carbocycles. The van der Waals surface area contributed by atoms with E-state index in [1.165, 1.54) is 16.8 Å². The zero-order valence-electron chi connectivity index (χ0n) is 17.1. The van der Waals surface area contributed by atoms with Gasteiger partial charge in [0.1, 0.15) is 23.4 Å². The summed E-state index contributed by atoms with van der Waals surface area (Å²) in [5, 5.41) is 16.3. The molecule has 0 radical (unpaired) electrons. The van der Waals surface area contributed by atoms with Crippen molar-refractivity contribution in [3.63, 3.8) is 0 Å². The number of nitrogens with one attached hydrogen (secondary N) is 2. The van der Waals surface area contributed by atoms with Gasteiger partial charge >= 0.3 is 0 Å². The highest BCUT2D eigenvalue weighted by molar-refractivity contribution is 5.99. The number of aromatic hydroxyl groups is 1. The lowest BCUT2D eigenvalue weighted by Gasteiger charge is -2.47. The van der Waals surface area contributed by atoms with Crippen molar-refractivity contribution in [2.45, 2.75) is 44.6 Å². The second-order valence-corrected chi connectivity index (χ2v) is 8.53. The summed E-state index contributed by atoms with van der Waals surface area (Å²) in [6.45, 7) is 0.801. The molecule has 2 fully saturated rings. The average Bonchev–Trinajstić information content (AvgIpc) is 3.24. The van der Waals surface area contributed by atoms with E-state index in [0.29, 0.717) is 12.0 Å². The van der Waals surface area contributed by atoms with E-state index in [-0.39, 0.29) is 42.1 Å². The number of carbonyl (C=O) groups excluding carboxylic acids is 2. The first-order chi connectivity index (χ1) is 15.3. The van der Waals surface area contributed by atoms with Gasteiger partial charge in [-0.2, -0.15) is 0 Å². The topological polar surface area (TPSA) is 104 Å². The van der Waals surface area contributed by atoms with Crippen LogP contribution in [0.2, 0.25) is 0 Å². The highest BCUT2D eigenvalue weighted by atomic mass is 19.1. The Morgan fingerprint density at radius 2 is 2.06 bits per heavy atom.